The van der Waals surface area contributed by atoms with Crippen LogP contribution in [-0.4, -0.2) is 23.9 Å². The quantitative estimate of drug-likeness (QED) is 0.825. The van der Waals surface area contributed by atoms with Crippen molar-refractivity contribution < 1.29 is 13.6 Å². The van der Waals surface area contributed by atoms with E-state index in [1.165, 1.54) is 23.8 Å². The summed E-state index contributed by atoms with van der Waals surface area (Å²) >= 11 is 0. The number of carbonyl (C=O) groups excluding carboxylic acids is 1. The molecular weight excluding hydrogens is 296 g/mol. The van der Waals surface area contributed by atoms with Crippen LogP contribution in [0, 0.1) is 17.6 Å². The van der Waals surface area contributed by atoms with E-state index in [0.717, 1.165) is 6.42 Å². The number of hydrogen-bond acceptors (Lipinski definition) is 1. The molecule has 3 rings (SSSR count). The maximum absolute atomic E-state index is 13.7. The Hall–Kier alpha value is -2.23. The number of likely N-dealkylation sites (tertiary alicyclic amines) is 1. The Bertz CT molecular complexity index is 667. The molecule has 23 heavy (non-hydrogen) atoms. The molecule has 0 spiro atoms. The SMILES string of the molecule is O=C1C(Cc2c(F)cccc2F)CCN1CCc1ccccc1. The third-order valence-electron chi connectivity index (χ3n) is 4.43. The van der Waals surface area contributed by atoms with Gasteiger partial charge in [0.25, 0.3) is 0 Å². The molecule has 0 saturated carbocycles. The Morgan fingerprint density at radius 1 is 1.00 bits per heavy atom. The van der Waals surface area contributed by atoms with Gasteiger partial charge in [-0.1, -0.05) is 36.4 Å². The molecule has 0 aliphatic carbocycles. The Morgan fingerprint density at radius 3 is 2.39 bits per heavy atom. The van der Waals surface area contributed by atoms with Gasteiger partial charge in [-0.25, -0.2) is 8.78 Å². The van der Waals surface area contributed by atoms with E-state index in [-0.39, 0.29) is 23.8 Å². The number of benzene rings is 2. The van der Waals surface area contributed by atoms with Crippen molar-refractivity contribution in [3.8, 4) is 0 Å². The number of rotatable bonds is 5. The fourth-order valence-electron chi connectivity index (χ4n) is 3.10. The van der Waals surface area contributed by atoms with Gasteiger partial charge < -0.3 is 4.90 Å². The molecule has 1 aliphatic rings. The average Bonchev–Trinajstić information content (AvgIpc) is 2.90. The van der Waals surface area contributed by atoms with Crippen molar-refractivity contribution in [2.24, 2.45) is 5.92 Å². The molecule has 1 heterocycles. The molecule has 1 atom stereocenters. The molecule has 1 aliphatic heterocycles. The van der Waals surface area contributed by atoms with Crippen LogP contribution in [0.3, 0.4) is 0 Å². The molecule has 120 valence electrons. The number of amides is 1. The standard InChI is InChI=1S/C19H19F2NO/c20-17-7-4-8-18(21)16(17)13-15-10-12-22(19(15)23)11-9-14-5-2-1-3-6-14/h1-8,15H,9-13H2. The lowest BCUT2D eigenvalue weighted by atomic mass is 9.97. The first-order valence-electron chi connectivity index (χ1n) is 7.91. The van der Waals surface area contributed by atoms with Gasteiger partial charge >= 0.3 is 0 Å². The monoisotopic (exact) mass is 315 g/mol. The number of nitrogens with zero attached hydrogens (tertiary/aromatic N) is 1. The topological polar surface area (TPSA) is 20.3 Å². The minimum absolute atomic E-state index is 0.00332. The molecule has 2 aromatic carbocycles. The summed E-state index contributed by atoms with van der Waals surface area (Å²) in [5.74, 6) is -1.46. The summed E-state index contributed by atoms with van der Waals surface area (Å²) in [5, 5.41) is 0. The lowest BCUT2D eigenvalue weighted by molar-refractivity contribution is -0.130. The van der Waals surface area contributed by atoms with Crippen LogP contribution in [0.1, 0.15) is 17.5 Å². The Labute approximate surface area is 134 Å². The highest BCUT2D eigenvalue weighted by Gasteiger charge is 2.32. The summed E-state index contributed by atoms with van der Waals surface area (Å²) < 4.78 is 27.5. The third-order valence-corrected chi connectivity index (χ3v) is 4.43. The second-order valence-corrected chi connectivity index (χ2v) is 5.95. The van der Waals surface area contributed by atoms with Gasteiger partial charge in [0.2, 0.25) is 5.91 Å². The lowest BCUT2D eigenvalue weighted by Crippen LogP contribution is -2.30. The van der Waals surface area contributed by atoms with E-state index >= 15 is 0 Å². The van der Waals surface area contributed by atoms with Gasteiger partial charge in [-0.3, -0.25) is 4.79 Å². The normalized spacial score (nSPS) is 17.7. The maximum Gasteiger partial charge on any atom is 0.226 e. The van der Waals surface area contributed by atoms with Crippen LogP contribution in [-0.2, 0) is 17.6 Å². The molecular formula is C19H19F2NO. The summed E-state index contributed by atoms with van der Waals surface area (Å²) in [5.41, 5.74) is 1.21. The van der Waals surface area contributed by atoms with Crippen LogP contribution in [0.4, 0.5) is 8.78 Å². The molecule has 4 heteroatoms. The second-order valence-electron chi connectivity index (χ2n) is 5.95. The van der Waals surface area contributed by atoms with Crippen molar-refractivity contribution in [3.05, 3.63) is 71.3 Å². The summed E-state index contributed by atoms with van der Waals surface area (Å²) in [7, 11) is 0. The van der Waals surface area contributed by atoms with Crippen LogP contribution in [0.15, 0.2) is 48.5 Å². The first kappa shape index (κ1) is 15.7. The fraction of sp³-hybridized carbons (Fsp3) is 0.316. The van der Waals surface area contributed by atoms with Crippen LogP contribution in [0.2, 0.25) is 0 Å². The van der Waals surface area contributed by atoms with E-state index in [1.807, 2.05) is 30.3 Å². The van der Waals surface area contributed by atoms with Gasteiger partial charge in [-0.2, -0.15) is 0 Å². The molecule has 0 radical (unpaired) electrons. The summed E-state index contributed by atoms with van der Waals surface area (Å²) in [6, 6.07) is 13.8. The van der Waals surface area contributed by atoms with Gasteiger partial charge in [0.15, 0.2) is 0 Å². The number of carbonyl (C=O) groups is 1. The molecule has 1 unspecified atom stereocenters. The van der Waals surface area contributed by atoms with Crippen molar-refractivity contribution in [2.45, 2.75) is 19.3 Å². The van der Waals surface area contributed by atoms with Crippen molar-refractivity contribution in [1.82, 2.24) is 4.90 Å². The smallest absolute Gasteiger partial charge is 0.226 e. The molecule has 0 aromatic heterocycles. The average molecular weight is 315 g/mol. The highest BCUT2D eigenvalue weighted by Crippen LogP contribution is 2.25. The maximum atomic E-state index is 13.7. The number of hydrogen-bond donors (Lipinski definition) is 0. The van der Waals surface area contributed by atoms with Crippen molar-refractivity contribution in [2.75, 3.05) is 13.1 Å². The molecule has 1 fully saturated rings. The minimum atomic E-state index is -0.569. The van der Waals surface area contributed by atoms with Gasteiger partial charge in [-0.05, 0) is 37.0 Å². The van der Waals surface area contributed by atoms with E-state index in [9.17, 15) is 13.6 Å². The second kappa shape index (κ2) is 6.90. The Balaban J connectivity index is 1.60. The summed E-state index contributed by atoms with van der Waals surface area (Å²) in [4.78, 5) is 14.2. The van der Waals surface area contributed by atoms with Gasteiger partial charge in [0.1, 0.15) is 11.6 Å². The zero-order valence-electron chi connectivity index (χ0n) is 12.8. The van der Waals surface area contributed by atoms with Crippen molar-refractivity contribution in [3.63, 3.8) is 0 Å². The molecule has 0 N–H and O–H groups in total. The van der Waals surface area contributed by atoms with E-state index in [2.05, 4.69) is 0 Å². The van der Waals surface area contributed by atoms with E-state index in [4.69, 9.17) is 0 Å². The molecule has 2 nitrogen and oxygen atoms in total. The molecule has 1 amide bonds. The van der Waals surface area contributed by atoms with E-state index in [1.54, 1.807) is 4.90 Å². The summed E-state index contributed by atoms with van der Waals surface area (Å²) in [6.07, 6.45) is 1.59. The van der Waals surface area contributed by atoms with Gasteiger partial charge in [0, 0.05) is 24.6 Å². The van der Waals surface area contributed by atoms with E-state index < -0.39 is 11.6 Å². The molecule has 1 saturated heterocycles. The van der Waals surface area contributed by atoms with Gasteiger partial charge in [-0.15, -0.1) is 0 Å². The van der Waals surface area contributed by atoms with Crippen LogP contribution in [0.25, 0.3) is 0 Å². The molecule has 2 aromatic rings. The van der Waals surface area contributed by atoms with E-state index in [0.29, 0.717) is 19.5 Å². The van der Waals surface area contributed by atoms with Crippen molar-refractivity contribution >= 4 is 5.91 Å². The Kier molecular flexibility index (Phi) is 4.70. The predicted molar refractivity (Wildman–Crippen MR) is 84.9 cm³/mol. The predicted octanol–water partition coefficient (Wildman–Crippen LogP) is 3.60. The highest BCUT2D eigenvalue weighted by molar-refractivity contribution is 5.81. The minimum Gasteiger partial charge on any atom is -0.342 e. The number of halogens is 2. The summed E-state index contributed by atoms with van der Waals surface area (Å²) in [6.45, 7) is 1.31. The van der Waals surface area contributed by atoms with Crippen molar-refractivity contribution in [1.29, 1.82) is 0 Å². The fourth-order valence-corrected chi connectivity index (χ4v) is 3.10. The van der Waals surface area contributed by atoms with Crippen LogP contribution < -0.4 is 0 Å². The third kappa shape index (κ3) is 3.58. The zero-order chi connectivity index (χ0) is 16.2. The first-order valence-corrected chi connectivity index (χ1v) is 7.91. The highest BCUT2D eigenvalue weighted by atomic mass is 19.1. The zero-order valence-corrected chi connectivity index (χ0v) is 12.8. The van der Waals surface area contributed by atoms with Crippen LogP contribution in [0.5, 0.6) is 0 Å². The Morgan fingerprint density at radius 2 is 1.70 bits per heavy atom. The lowest BCUT2D eigenvalue weighted by Gasteiger charge is -2.17. The van der Waals surface area contributed by atoms with Crippen LogP contribution >= 0.6 is 0 Å². The molecule has 0 bridgehead atoms. The largest absolute Gasteiger partial charge is 0.342 e. The first-order chi connectivity index (χ1) is 11.1. The van der Waals surface area contributed by atoms with Gasteiger partial charge in [0.05, 0.1) is 0 Å².